The van der Waals surface area contributed by atoms with Crippen LogP contribution >= 0.6 is 15.9 Å². The molecule has 1 N–H and O–H groups in total. The highest BCUT2D eigenvalue weighted by Crippen LogP contribution is 2.21. The maximum absolute atomic E-state index is 12.6. The minimum Gasteiger partial charge on any atom is -0.314 e. The van der Waals surface area contributed by atoms with Crippen molar-refractivity contribution < 1.29 is 8.42 Å². The molecule has 3 rings (SSSR count). The number of hydrogen-bond acceptors (Lipinski definition) is 4. The Kier molecular flexibility index (Phi) is 4.14. The molecule has 1 aromatic rings. The number of nitrogens with one attached hydrogen (secondary N) is 1. The summed E-state index contributed by atoms with van der Waals surface area (Å²) in [5.41, 5.74) is 0. The topological polar surface area (TPSA) is 52.7 Å². The van der Waals surface area contributed by atoms with E-state index in [4.69, 9.17) is 0 Å². The Hall–Kier alpha value is -0.470. The maximum atomic E-state index is 12.6. The lowest BCUT2D eigenvalue weighted by Gasteiger charge is -2.42. The highest BCUT2D eigenvalue weighted by molar-refractivity contribution is 9.10. The van der Waals surface area contributed by atoms with Gasteiger partial charge in [0.25, 0.3) is 0 Å². The summed E-state index contributed by atoms with van der Waals surface area (Å²) in [6.07, 6.45) is 0. The van der Waals surface area contributed by atoms with Crippen molar-refractivity contribution in [3.05, 3.63) is 28.7 Å². The fraction of sp³-hybridized carbons (Fsp3) is 0.538. The summed E-state index contributed by atoms with van der Waals surface area (Å²) in [4.78, 5) is 2.74. The first-order valence-corrected chi connectivity index (χ1v) is 9.01. The summed E-state index contributed by atoms with van der Waals surface area (Å²) >= 11 is 3.33. The van der Waals surface area contributed by atoms with E-state index in [-0.39, 0.29) is 0 Å². The fourth-order valence-electron chi connectivity index (χ4n) is 2.62. The van der Waals surface area contributed by atoms with Crippen LogP contribution in [0.15, 0.2) is 33.6 Å². The first-order valence-electron chi connectivity index (χ1n) is 6.78. The van der Waals surface area contributed by atoms with Crippen molar-refractivity contribution in [1.29, 1.82) is 0 Å². The Balaban J connectivity index is 1.70. The van der Waals surface area contributed by atoms with Gasteiger partial charge in [-0.15, -0.1) is 0 Å². The zero-order valence-corrected chi connectivity index (χ0v) is 13.5. The van der Waals surface area contributed by atoms with Gasteiger partial charge in [0.2, 0.25) is 10.0 Å². The van der Waals surface area contributed by atoms with E-state index in [2.05, 4.69) is 26.1 Å². The van der Waals surface area contributed by atoms with Crippen molar-refractivity contribution in [3.8, 4) is 0 Å². The van der Waals surface area contributed by atoms with E-state index in [1.807, 2.05) is 6.07 Å². The smallest absolute Gasteiger partial charge is 0.243 e. The number of benzene rings is 1. The van der Waals surface area contributed by atoms with Gasteiger partial charge in [-0.1, -0.05) is 22.0 Å². The van der Waals surface area contributed by atoms with Gasteiger partial charge in [-0.2, -0.15) is 4.31 Å². The SMILES string of the molecule is O=S(=O)(c1cccc(Br)c1)N1CCN(C2CNC2)CC1. The molecule has 5 nitrogen and oxygen atoms in total. The molecular weight excluding hydrogens is 342 g/mol. The van der Waals surface area contributed by atoms with Crippen LogP contribution in [-0.4, -0.2) is 62.9 Å². The number of sulfonamides is 1. The van der Waals surface area contributed by atoms with Gasteiger partial charge in [-0.05, 0) is 18.2 Å². The Morgan fingerprint density at radius 2 is 1.85 bits per heavy atom. The van der Waals surface area contributed by atoms with E-state index < -0.39 is 10.0 Å². The molecule has 0 aliphatic carbocycles. The lowest BCUT2D eigenvalue weighted by molar-refractivity contribution is 0.103. The molecule has 1 aromatic carbocycles. The van der Waals surface area contributed by atoms with Gasteiger partial charge in [0.1, 0.15) is 0 Å². The summed E-state index contributed by atoms with van der Waals surface area (Å²) < 4.78 is 27.5. The van der Waals surface area contributed by atoms with Crippen molar-refractivity contribution >= 4 is 26.0 Å². The van der Waals surface area contributed by atoms with E-state index in [9.17, 15) is 8.42 Å². The largest absolute Gasteiger partial charge is 0.314 e. The van der Waals surface area contributed by atoms with Gasteiger partial charge < -0.3 is 5.32 Å². The minimum absolute atomic E-state index is 0.366. The molecule has 0 amide bonds. The quantitative estimate of drug-likeness (QED) is 0.864. The molecule has 110 valence electrons. The van der Waals surface area contributed by atoms with E-state index in [1.165, 1.54) is 0 Å². The van der Waals surface area contributed by atoms with Gasteiger partial charge in [-0.3, -0.25) is 4.90 Å². The first-order chi connectivity index (χ1) is 9.57. The van der Waals surface area contributed by atoms with Gasteiger partial charge in [-0.25, -0.2) is 8.42 Å². The van der Waals surface area contributed by atoms with Gasteiger partial charge in [0.15, 0.2) is 0 Å². The van der Waals surface area contributed by atoms with Crippen LogP contribution < -0.4 is 5.32 Å². The molecule has 0 bridgehead atoms. The van der Waals surface area contributed by atoms with Gasteiger partial charge in [0.05, 0.1) is 4.90 Å². The van der Waals surface area contributed by atoms with Gasteiger partial charge in [0, 0.05) is 49.8 Å². The Morgan fingerprint density at radius 1 is 1.15 bits per heavy atom. The second-order valence-corrected chi connectivity index (χ2v) is 8.06. The summed E-state index contributed by atoms with van der Waals surface area (Å²) in [5, 5.41) is 3.25. The normalized spacial score (nSPS) is 22.6. The van der Waals surface area contributed by atoms with Crippen LogP contribution in [0.3, 0.4) is 0 Å². The van der Waals surface area contributed by atoms with E-state index in [1.54, 1.807) is 22.5 Å². The molecule has 2 fully saturated rings. The van der Waals surface area contributed by atoms with Crippen LogP contribution in [-0.2, 0) is 10.0 Å². The molecule has 0 atom stereocenters. The second kappa shape index (κ2) is 5.73. The lowest BCUT2D eigenvalue weighted by Crippen LogP contribution is -2.62. The van der Waals surface area contributed by atoms with Crippen LogP contribution in [0.25, 0.3) is 0 Å². The molecule has 7 heteroatoms. The number of halogens is 1. The van der Waals surface area contributed by atoms with Crippen LogP contribution in [0.5, 0.6) is 0 Å². The Bertz CT molecular complexity index is 581. The van der Waals surface area contributed by atoms with E-state index >= 15 is 0 Å². The molecule has 0 radical (unpaired) electrons. The third kappa shape index (κ3) is 2.78. The van der Waals surface area contributed by atoms with E-state index in [0.29, 0.717) is 24.0 Å². The van der Waals surface area contributed by atoms with Crippen LogP contribution in [0.4, 0.5) is 0 Å². The van der Waals surface area contributed by atoms with Crippen molar-refractivity contribution in [3.63, 3.8) is 0 Å². The highest BCUT2D eigenvalue weighted by Gasteiger charge is 2.32. The summed E-state index contributed by atoms with van der Waals surface area (Å²) in [6.45, 7) is 4.84. The second-order valence-electron chi connectivity index (χ2n) is 5.21. The number of rotatable bonds is 3. The molecule has 0 saturated carbocycles. The fourth-order valence-corrected chi connectivity index (χ4v) is 4.64. The standard InChI is InChI=1S/C13H18BrN3O2S/c14-11-2-1-3-13(8-11)20(18,19)17-6-4-16(5-7-17)12-9-15-10-12/h1-3,8,12,15H,4-7,9-10H2. The molecule has 0 unspecified atom stereocenters. The average molecular weight is 360 g/mol. The van der Waals surface area contributed by atoms with Crippen LogP contribution in [0.1, 0.15) is 0 Å². The molecule has 2 aliphatic heterocycles. The molecular formula is C13H18BrN3O2S. The van der Waals surface area contributed by atoms with Crippen molar-refractivity contribution in [2.45, 2.75) is 10.9 Å². The summed E-state index contributed by atoms with van der Waals surface area (Å²) in [5.74, 6) is 0. The maximum Gasteiger partial charge on any atom is 0.243 e. The molecule has 2 heterocycles. The van der Waals surface area contributed by atoms with Crippen LogP contribution in [0, 0.1) is 0 Å². The number of hydrogen-bond donors (Lipinski definition) is 1. The number of piperazine rings is 1. The van der Waals surface area contributed by atoms with Crippen molar-refractivity contribution in [2.24, 2.45) is 0 Å². The molecule has 2 saturated heterocycles. The minimum atomic E-state index is -3.36. The molecule has 2 aliphatic rings. The lowest BCUT2D eigenvalue weighted by atomic mass is 10.1. The number of nitrogens with zero attached hydrogens (tertiary/aromatic N) is 2. The average Bonchev–Trinajstić information content (AvgIpc) is 2.37. The summed E-state index contributed by atoms with van der Waals surface area (Å²) in [6, 6.07) is 7.50. The zero-order chi connectivity index (χ0) is 14.2. The van der Waals surface area contributed by atoms with Crippen molar-refractivity contribution in [1.82, 2.24) is 14.5 Å². The third-order valence-corrected chi connectivity index (χ3v) is 6.37. The molecule has 0 spiro atoms. The highest BCUT2D eigenvalue weighted by atomic mass is 79.9. The Labute approximate surface area is 128 Å². The Morgan fingerprint density at radius 3 is 2.40 bits per heavy atom. The molecule has 20 heavy (non-hydrogen) atoms. The van der Waals surface area contributed by atoms with E-state index in [0.717, 1.165) is 30.7 Å². The van der Waals surface area contributed by atoms with Crippen LogP contribution in [0.2, 0.25) is 0 Å². The monoisotopic (exact) mass is 359 g/mol. The van der Waals surface area contributed by atoms with Gasteiger partial charge >= 0.3 is 0 Å². The van der Waals surface area contributed by atoms with Crippen molar-refractivity contribution in [2.75, 3.05) is 39.3 Å². The zero-order valence-electron chi connectivity index (χ0n) is 11.1. The molecule has 0 aromatic heterocycles. The predicted molar refractivity (Wildman–Crippen MR) is 81.1 cm³/mol. The summed E-state index contributed by atoms with van der Waals surface area (Å²) in [7, 11) is -3.36. The third-order valence-electron chi connectivity index (χ3n) is 3.98. The predicted octanol–water partition coefficient (Wildman–Crippen LogP) is 0.727. The first kappa shape index (κ1) is 14.5.